The minimum atomic E-state index is -4.68. The van der Waals surface area contributed by atoms with E-state index in [1.807, 2.05) is 37.3 Å². The monoisotopic (exact) mass is 608 g/mol. The Labute approximate surface area is 251 Å². The molecule has 2 atom stereocenters. The van der Waals surface area contributed by atoms with Gasteiger partial charge in [0.25, 0.3) is 11.5 Å². The number of hydrogen-bond acceptors (Lipinski definition) is 7. The number of aryl methyl sites for hydroxylation is 1. The predicted octanol–water partition coefficient (Wildman–Crippen LogP) is 5.03. The molecule has 0 spiro atoms. The average molecular weight is 609 g/mol. The molecule has 1 fully saturated rings. The van der Waals surface area contributed by atoms with Gasteiger partial charge in [0.05, 0.1) is 29.6 Å². The van der Waals surface area contributed by atoms with Crippen molar-refractivity contribution in [2.45, 2.75) is 58.7 Å². The number of benzene rings is 1. The van der Waals surface area contributed by atoms with Gasteiger partial charge in [-0.25, -0.2) is 14.5 Å². The van der Waals surface area contributed by atoms with Crippen molar-refractivity contribution in [1.82, 2.24) is 29.4 Å². The second-order valence-corrected chi connectivity index (χ2v) is 10.8. The van der Waals surface area contributed by atoms with Crippen molar-refractivity contribution in [3.8, 4) is 11.4 Å². The number of likely N-dealkylation sites (tertiary alicyclic amines) is 1. The minimum absolute atomic E-state index is 0.0190. The maximum absolute atomic E-state index is 13.9. The minimum Gasteiger partial charge on any atom is -0.461 e. The van der Waals surface area contributed by atoms with E-state index in [0.29, 0.717) is 53.8 Å². The van der Waals surface area contributed by atoms with Crippen LogP contribution in [0.2, 0.25) is 0 Å². The Morgan fingerprint density at radius 1 is 1.11 bits per heavy atom. The summed E-state index contributed by atoms with van der Waals surface area (Å²) in [6, 6.07) is 11.2. The number of para-hydroxylation sites is 1. The van der Waals surface area contributed by atoms with Gasteiger partial charge in [0.15, 0.2) is 5.69 Å². The van der Waals surface area contributed by atoms with Crippen molar-refractivity contribution in [3.63, 3.8) is 0 Å². The number of carbonyl (C=O) groups is 2. The first-order chi connectivity index (χ1) is 20.9. The number of piperidine rings is 1. The Kier molecular flexibility index (Phi) is 8.40. The van der Waals surface area contributed by atoms with Crippen LogP contribution in [0.3, 0.4) is 0 Å². The first kappa shape index (κ1) is 30.6. The van der Waals surface area contributed by atoms with Crippen LogP contribution >= 0.6 is 0 Å². The second-order valence-electron chi connectivity index (χ2n) is 10.8. The lowest BCUT2D eigenvalue weighted by Gasteiger charge is -2.37. The van der Waals surface area contributed by atoms with Crippen LogP contribution in [0.15, 0.2) is 59.7 Å². The molecule has 4 heterocycles. The summed E-state index contributed by atoms with van der Waals surface area (Å²) in [4.78, 5) is 44.7. The van der Waals surface area contributed by atoms with Gasteiger partial charge in [-0.05, 0) is 64.3 Å². The molecule has 2 unspecified atom stereocenters. The molecule has 13 heteroatoms. The van der Waals surface area contributed by atoms with E-state index < -0.39 is 17.7 Å². The van der Waals surface area contributed by atoms with Crippen molar-refractivity contribution in [2.24, 2.45) is 0 Å². The molecule has 1 aromatic carbocycles. The van der Waals surface area contributed by atoms with E-state index in [-0.39, 0.29) is 41.4 Å². The first-order valence-electron chi connectivity index (χ1n) is 14.2. The van der Waals surface area contributed by atoms with Crippen molar-refractivity contribution in [1.29, 1.82) is 0 Å². The van der Waals surface area contributed by atoms with Crippen LogP contribution in [0.4, 0.5) is 13.2 Å². The second kappa shape index (κ2) is 12.1. The number of rotatable bonds is 6. The molecular weight excluding hydrogens is 577 g/mol. The third-order valence-electron chi connectivity index (χ3n) is 7.86. The fourth-order valence-electron chi connectivity index (χ4n) is 5.71. The summed E-state index contributed by atoms with van der Waals surface area (Å²) in [7, 11) is 0. The highest BCUT2D eigenvalue weighted by molar-refractivity contribution is 5.97. The van der Waals surface area contributed by atoms with Gasteiger partial charge >= 0.3 is 12.1 Å². The smallest absolute Gasteiger partial charge is 0.417 e. The third kappa shape index (κ3) is 5.86. The van der Waals surface area contributed by atoms with Crippen molar-refractivity contribution >= 4 is 11.9 Å². The van der Waals surface area contributed by atoms with Gasteiger partial charge in [-0.1, -0.05) is 23.4 Å². The summed E-state index contributed by atoms with van der Waals surface area (Å²) < 4.78 is 48.0. The van der Waals surface area contributed by atoms with Gasteiger partial charge in [0, 0.05) is 42.1 Å². The topological polar surface area (TPSA) is 112 Å². The number of amides is 1. The lowest BCUT2D eigenvalue weighted by molar-refractivity contribution is -0.137. The number of esters is 1. The van der Waals surface area contributed by atoms with Gasteiger partial charge in [0.1, 0.15) is 5.69 Å². The van der Waals surface area contributed by atoms with Crippen LogP contribution in [-0.2, 0) is 10.9 Å². The highest BCUT2D eigenvalue weighted by Crippen LogP contribution is 2.34. The van der Waals surface area contributed by atoms with Gasteiger partial charge in [-0.2, -0.15) is 13.2 Å². The van der Waals surface area contributed by atoms with E-state index in [9.17, 15) is 27.6 Å². The fraction of sp³-hybridized carbons (Fsp3) is 0.355. The van der Waals surface area contributed by atoms with Crippen molar-refractivity contribution in [3.05, 3.63) is 99.0 Å². The van der Waals surface area contributed by atoms with E-state index in [1.165, 1.54) is 16.8 Å². The molecule has 10 nitrogen and oxygen atoms in total. The normalized spacial score (nSPS) is 17.0. The summed E-state index contributed by atoms with van der Waals surface area (Å²) in [5, 5.41) is 8.23. The van der Waals surface area contributed by atoms with Crippen LogP contribution in [0.25, 0.3) is 11.4 Å². The summed E-state index contributed by atoms with van der Waals surface area (Å²) in [6.45, 7) is 7.42. The zero-order valence-corrected chi connectivity index (χ0v) is 24.6. The lowest BCUT2D eigenvalue weighted by Crippen LogP contribution is -2.45. The van der Waals surface area contributed by atoms with Gasteiger partial charge < -0.3 is 9.64 Å². The molecule has 0 radical (unpaired) electrons. The molecule has 0 aliphatic carbocycles. The fourth-order valence-corrected chi connectivity index (χ4v) is 5.71. The molecule has 3 aromatic heterocycles. The van der Waals surface area contributed by atoms with Crippen LogP contribution in [-0.4, -0.2) is 60.5 Å². The van der Waals surface area contributed by atoms with Crippen LogP contribution < -0.4 is 5.56 Å². The quantitative estimate of drug-likeness (QED) is 0.282. The van der Waals surface area contributed by atoms with E-state index in [0.717, 1.165) is 10.7 Å². The molecule has 0 bridgehead atoms. The molecule has 5 rings (SSSR count). The Bertz CT molecular complexity index is 1770. The van der Waals surface area contributed by atoms with Gasteiger partial charge in [0.2, 0.25) is 0 Å². The summed E-state index contributed by atoms with van der Waals surface area (Å²) in [5.41, 5.74) is 1.02. The SMILES string of the molecule is CCOC(=O)c1ncc(C(F)(F)F)cc1-n1cc(C2CCN(C(=O)c3c(C)cc(=O)n(-c4ccccc4)c3C)C(C)C2)nn1. The van der Waals surface area contributed by atoms with E-state index in [1.54, 1.807) is 25.7 Å². The first-order valence-corrected chi connectivity index (χ1v) is 14.2. The number of hydrogen-bond donors (Lipinski definition) is 0. The molecule has 0 saturated carbocycles. The van der Waals surface area contributed by atoms with Gasteiger partial charge in [-0.3, -0.25) is 14.2 Å². The molecule has 1 saturated heterocycles. The Hall–Kier alpha value is -4.81. The average Bonchev–Trinajstić information content (AvgIpc) is 3.47. The Morgan fingerprint density at radius 3 is 2.50 bits per heavy atom. The zero-order chi connectivity index (χ0) is 31.8. The molecule has 1 amide bonds. The predicted molar refractivity (Wildman–Crippen MR) is 154 cm³/mol. The molecular formula is C31H31F3N6O4. The maximum atomic E-state index is 13.9. The maximum Gasteiger partial charge on any atom is 0.417 e. The molecule has 44 heavy (non-hydrogen) atoms. The number of pyridine rings is 2. The van der Waals surface area contributed by atoms with Crippen molar-refractivity contribution in [2.75, 3.05) is 13.2 Å². The number of nitrogens with zero attached hydrogens (tertiary/aromatic N) is 6. The number of ether oxygens (including phenoxy) is 1. The van der Waals surface area contributed by atoms with E-state index in [2.05, 4.69) is 15.3 Å². The Morgan fingerprint density at radius 2 is 1.84 bits per heavy atom. The summed E-state index contributed by atoms with van der Waals surface area (Å²) in [6.07, 6.45) is -1.57. The van der Waals surface area contributed by atoms with Crippen LogP contribution in [0, 0.1) is 13.8 Å². The van der Waals surface area contributed by atoms with Gasteiger partial charge in [-0.15, -0.1) is 5.10 Å². The van der Waals surface area contributed by atoms with E-state index in [4.69, 9.17) is 4.74 Å². The number of halogens is 3. The number of carbonyl (C=O) groups excluding carboxylic acids is 2. The number of aromatic nitrogens is 5. The van der Waals surface area contributed by atoms with E-state index >= 15 is 0 Å². The highest BCUT2D eigenvalue weighted by atomic mass is 19.4. The zero-order valence-electron chi connectivity index (χ0n) is 24.6. The summed E-state index contributed by atoms with van der Waals surface area (Å²) >= 11 is 0. The van der Waals surface area contributed by atoms with Crippen LogP contribution in [0.5, 0.6) is 0 Å². The van der Waals surface area contributed by atoms with Crippen LogP contribution in [0.1, 0.15) is 76.0 Å². The number of alkyl halides is 3. The molecule has 1 aliphatic heterocycles. The molecule has 230 valence electrons. The Balaban J connectivity index is 1.39. The molecule has 4 aromatic rings. The largest absolute Gasteiger partial charge is 0.461 e. The highest BCUT2D eigenvalue weighted by Gasteiger charge is 2.35. The third-order valence-corrected chi connectivity index (χ3v) is 7.86. The standard InChI is InChI=1S/C31H31F3N6O4/c1-5-44-30(43)28-25(15-22(16-35-28)31(32,33)34)39-17-24(36-37-39)21-11-12-38(19(3)14-21)29(42)27-18(2)13-26(41)40(20(27)4)23-9-7-6-8-10-23/h6-10,13,15-17,19,21H,5,11-12,14H2,1-4H3. The molecule has 1 aliphatic rings. The summed E-state index contributed by atoms with van der Waals surface area (Å²) in [5.74, 6) is -1.21. The lowest BCUT2D eigenvalue weighted by atomic mass is 9.88. The van der Waals surface area contributed by atoms with Crippen molar-refractivity contribution < 1.29 is 27.5 Å². The molecule has 0 N–H and O–H groups in total.